The fourth-order valence-electron chi connectivity index (χ4n) is 0.805. The Labute approximate surface area is 54.0 Å². The van der Waals surface area contributed by atoms with E-state index in [0.717, 1.165) is 24.4 Å². The van der Waals surface area contributed by atoms with Crippen LogP contribution in [-0.4, -0.2) is 22.8 Å². The van der Waals surface area contributed by atoms with E-state index < -0.39 is 0 Å². The van der Waals surface area contributed by atoms with E-state index in [0.29, 0.717) is 0 Å². The molecule has 0 aromatic carbocycles. The molecule has 0 saturated carbocycles. The van der Waals surface area contributed by atoms with E-state index in [1.165, 1.54) is 6.34 Å². The average Bonchev–Trinajstić information content (AvgIpc) is 2.14. The Balaban J connectivity index is 2.54. The average molecular weight is 128 g/mol. The minimum atomic E-state index is 0.917. The quantitative estimate of drug-likeness (QED) is 0.324. The highest BCUT2D eigenvalue weighted by molar-refractivity contribution is 7.80. The lowest BCUT2D eigenvalue weighted by Gasteiger charge is -2.07. The molecular weight excluding hydrogens is 120 g/mol. The van der Waals surface area contributed by atoms with E-state index >= 15 is 0 Å². The number of rotatable bonds is 1. The molecule has 0 bridgehead atoms. The van der Waals surface area contributed by atoms with Crippen molar-refractivity contribution in [1.82, 2.24) is 4.90 Å². The van der Waals surface area contributed by atoms with Crippen molar-refractivity contribution >= 4 is 23.5 Å². The van der Waals surface area contributed by atoms with Crippen molar-refractivity contribution in [3.05, 3.63) is 0 Å². The number of hydrogen-bond acceptors (Lipinski definition) is 2. The van der Waals surface area contributed by atoms with Crippen LogP contribution in [0.15, 0.2) is 0 Å². The summed E-state index contributed by atoms with van der Waals surface area (Å²) in [6, 6.07) is 0. The largest absolute Gasteiger partial charge is 0.327 e. The molecule has 1 aliphatic rings. The Bertz CT molecular complexity index is 122. The van der Waals surface area contributed by atoms with E-state index in [2.05, 4.69) is 0 Å². The zero-order valence-electron chi connectivity index (χ0n) is 4.55. The Morgan fingerprint density at radius 2 is 2.50 bits per heavy atom. The summed E-state index contributed by atoms with van der Waals surface area (Å²) in [6.07, 6.45) is 3.41. The van der Waals surface area contributed by atoms with E-state index in [1.807, 2.05) is 0 Å². The molecule has 1 heterocycles. The first kappa shape index (κ1) is 5.69. The molecule has 0 aromatic heterocycles. The molecular formula is C5H8N2S. The van der Waals surface area contributed by atoms with Crippen LogP contribution in [0.4, 0.5) is 0 Å². The zero-order chi connectivity index (χ0) is 5.98. The summed E-state index contributed by atoms with van der Waals surface area (Å²) in [5, 5.41) is 6.84. The minimum absolute atomic E-state index is 0.917. The van der Waals surface area contributed by atoms with Gasteiger partial charge in [0.2, 0.25) is 0 Å². The monoisotopic (exact) mass is 128 g/mol. The number of likely N-dealkylation sites (tertiary alicyclic amines) is 1. The van der Waals surface area contributed by atoms with Crippen LogP contribution >= 0.6 is 12.2 Å². The molecule has 1 fully saturated rings. The molecule has 0 atom stereocenters. The van der Waals surface area contributed by atoms with Crippen LogP contribution in [0.25, 0.3) is 0 Å². The highest BCUT2D eigenvalue weighted by Crippen LogP contribution is 2.07. The van der Waals surface area contributed by atoms with Crippen LogP contribution in [0, 0.1) is 5.41 Å². The first-order chi connectivity index (χ1) is 3.84. The maximum Gasteiger partial charge on any atom is 0.0865 e. The Hall–Kier alpha value is -0.440. The zero-order valence-corrected chi connectivity index (χ0v) is 5.37. The van der Waals surface area contributed by atoms with Crippen molar-refractivity contribution < 1.29 is 0 Å². The molecule has 44 valence electrons. The molecule has 0 spiro atoms. The lowest BCUT2D eigenvalue weighted by molar-refractivity contribution is 0.676. The van der Waals surface area contributed by atoms with Gasteiger partial charge in [-0.25, -0.2) is 0 Å². The summed E-state index contributed by atoms with van der Waals surface area (Å²) in [4.78, 5) is 2.72. The fraction of sp³-hybridized carbons (Fsp3) is 0.600. The van der Waals surface area contributed by atoms with Gasteiger partial charge in [-0.15, -0.1) is 0 Å². The Kier molecular flexibility index (Phi) is 1.58. The standard InChI is InChI=1S/C5H8N2S/c6-4-7-3-1-2-5(7)8/h4,6H,1-3H2. The third-order valence-electron chi connectivity index (χ3n) is 1.27. The van der Waals surface area contributed by atoms with Crippen molar-refractivity contribution in [3.8, 4) is 0 Å². The minimum Gasteiger partial charge on any atom is -0.327 e. The van der Waals surface area contributed by atoms with Crippen LogP contribution in [0.2, 0.25) is 0 Å². The van der Waals surface area contributed by atoms with Crippen LogP contribution in [-0.2, 0) is 0 Å². The maximum absolute atomic E-state index is 6.84. The van der Waals surface area contributed by atoms with Gasteiger partial charge in [0.25, 0.3) is 0 Å². The van der Waals surface area contributed by atoms with Crippen LogP contribution in [0.5, 0.6) is 0 Å². The second-order valence-corrected chi connectivity index (χ2v) is 2.29. The van der Waals surface area contributed by atoms with Crippen molar-refractivity contribution in [3.63, 3.8) is 0 Å². The van der Waals surface area contributed by atoms with Crippen LogP contribution < -0.4 is 0 Å². The number of hydrogen-bond donors (Lipinski definition) is 1. The van der Waals surface area contributed by atoms with Gasteiger partial charge in [-0.05, 0) is 12.8 Å². The highest BCUT2D eigenvalue weighted by atomic mass is 32.1. The summed E-state index contributed by atoms with van der Waals surface area (Å²) in [5.41, 5.74) is 0. The van der Waals surface area contributed by atoms with Crippen molar-refractivity contribution in [1.29, 1.82) is 5.41 Å². The third kappa shape index (κ3) is 0.865. The number of nitrogens with zero attached hydrogens (tertiary/aromatic N) is 1. The summed E-state index contributed by atoms with van der Waals surface area (Å²) >= 11 is 4.91. The first-order valence-corrected chi connectivity index (χ1v) is 3.05. The normalized spacial score (nSPS) is 19.5. The molecule has 8 heavy (non-hydrogen) atoms. The second-order valence-electron chi connectivity index (χ2n) is 1.82. The molecule has 0 aliphatic carbocycles. The molecule has 2 nitrogen and oxygen atoms in total. The SMILES string of the molecule is N=CN1CCCC1=S. The van der Waals surface area contributed by atoms with E-state index in [1.54, 1.807) is 4.90 Å². The summed E-state index contributed by atoms with van der Waals surface area (Å²) in [7, 11) is 0. The smallest absolute Gasteiger partial charge is 0.0865 e. The third-order valence-corrected chi connectivity index (χ3v) is 1.70. The highest BCUT2D eigenvalue weighted by Gasteiger charge is 2.12. The molecule has 1 aliphatic heterocycles. The molecule has 1 N–H and O–H groups in total. The molecule has 0 unspecified atom stereocenters. The van der Waals surface area contributed by atoms with E-state index in [9.17, 15) is 0 Å². The van der Waals surface area contributed by atoms with Crippen LogP contribution in [0.3, 0.4) is 0 Å². The lowest BCUT2D eigenvalue weighted by atomic mass is 10.4. The van der Waals surface area contributed by atoms with Crippen molar-refractivity contribution in [2.24, 2.45) is 0 Å². The van der Waals surface area contributed by atoms with Gasteiger partial charge in [-0.1, -0.05) is 12.2 Å². The van der Waals surface area contributed by atoms with Crippen LogP contribution in [0.1, 0.15) is 12.8 Å². The van der Waals surface area contributed by atoms with Gasteiger partial charge in [0, 0.05) is 6.54 Å². The van der Waals surface area contributed by atoms with Gasteiger partial charge < -0.3 is 4.90 Å². The lowest BCUT2D eigenvalue weighted by Crippen LogP contribution is -2.19. The van der Waals surface area contributed by atoms with Gasteiger partial charge in [0.15, 0.2) is 0 Å². The topological polar surface area (TPSA) is 27.1 Å². The maximum atomic E-state index is 6.84. The van der Waals surface area contributed by atoms with E-state index in [-0.39, 0.29) is 0 Å². The summed E-state index contributed by atoms with van der Waals surface area (Å²) in [6.45, 7) is 0.947. The number of thiocarbonyl (C=S) groups is 1. The van der Waals surface area contributed by atoms with Crippen molar-refractivity contribution in [2.45, 2.75) is 12.8 Å². The molecule has 0 radical (unpaired) electrons. The first-order valence-electron chi connectivity index (χ1n) is 2.64. The van der Waals surface area contributed by atoms with Gasteiger partial charge in [0.05, 0.1) is 11.3 Å². The predicted octanol–water partition coefficient (Wildman–Crippen LogP) is 1.02. The van der Waals surface area contributed by atoms with E-state index in [4.69, 9.17) is 17.6 Å². The van der Waals surface area contributed by atoms with Crippen molar-refractivity contribution in [2.75, 3.05) is 6.54 Å². The summed E-state index contributed by atoms with van der Waals surface area (Å²) in [5.74, 6) is 0. The molecule has 0 amide bonds. The number of nitrogens with one attached hydrogen (secondary N) is 1. The van der Waals surface area contributed by atoms with Gasteiger partial charge in [0.1, 0.15) is 0 Å². The fourth-order valence-corrected chi connectivity index (χ4v) is 1.09. The molecule has 1 rings (SSSR count). The molecule has 0 aromatic rings. The van der Waals surface area contributed by atoms with Gasteiger partial charge in [-0.2, -0.15) is 0 Å². The Morgan fingerprint density at radius 1 is 1.75 bits per heavy atom. The summed E-state index contributed by atoms with van der Waals surface area (Å²) < 4.78 is 0. The molecule has 3 heteroatoms. The predicted molar refractivity (Wildman–Crippen MR) is 37.3 cm³/mol. The Morgan fingerprint density at radius 3 is 2.75 bits per heavy atom. The van der Waals surface area contributed by atoms with Gasteiger partial charge in [-0.3, -0.25) is 5.41 Å². The molecule has 1 saturated heterocycles. The second kappa shape index (κ2) is 2.22. The van der Waals surface area contributed by atoms with Gasteiger partial charge >= 0.3 is 0 Å².